The van der Waals surface area contributed by atoms with E-state index in [1.807, 2.05) is 37.3 Å². The Morgan fingerprint density at radius 2 is 1.86 bits per heavy atom. The van der Waals surface area contributed by atoms with Gasteiger partial charge in [0.25, 0.3) is 0 Å². The quantitative estimate of drug-likeness (QED) is 0.344. The van der Waals surface area contributed by atoms with Gasteiger partial charge >= 0.3 is 12.2 Å². The Balaban J connectivity index is 1.45. The van der Waals surface area contributed by atoms with Gasteiger partial charge < -0.3 is 10.2 Å². The molecule has 3 aromatic heterocycles. The number of thiazole rings is 1. The van der Waals surface area contributed by atoms with Crippen molar-refractivity contribution in [3.8, 4) is 22.4 Å². The number of hydrogen-bond donors (Lipinski definition) is 2. The Morgan fingerprint density at radius 3 is 2.51 bits per heavy atom. The predicted molar refractivity (Wildman–Crippen MR) is 138 cm³/mol. The summed E-state index contributed by atoms with van der Waals surface area (Å²) < 4.78 is 39.9. The SMILES string of the molecule is CCNC(=O)Nc1nc2cc(-c3cnc(N4CCC(C(F)(F)F)CC4)nc3)cc(-c3ccccn3)c2s1. The smallest absolute Gasteiger partial charge is 0.341 e. The van der Waals surface area contributed by atoms with E-state index in [1.54, 1.807) is 23.5 Å². The van der Waals surface area contributed by atoms with Crippen LogP contribution in [0, 0.1) is 5.92 Å². The molecule has 4 aromatic rings. The van der Waals surface area contributed by atoms with Crippen molar-refractivity contribution in [2.24, 2.45) is 5.92 Å². The van der Waals surface area contributed by atoms with Gasteiger partial charge in [-0.1, -0.05) is 17.4 Å². The van der Waals surface area contributed by atoms with Gasteiger partial charge in [0.05, 0.1) is 21.8 Å². The third-order valence-electron chi connectivity index (χ3n) is 6.20. The molecular formula is C25H24F3N7OS. The van der Waals surface area contributed by atoms with Gasteiger partial charge in [-0.15, -0.1) is 0 Å². The molecule has 2 amide bonds. The molecule has 1 aliphatic rings. The van der Waals surface area contributed by atoms with Gasteiger partial charge in [0.2, 0.25) is 5.95 Å². The number of anilines is 2. The van der Waals surface area contributed by atoms with Crippen LogP contribution >= 0.6 is 11.3 Å². The highest BCUT2D eigenvalue weighted by Gasteiger charge is 2.41. The summed E-state index contributed by atoms with van der Waals surface area (Å²) in [6, 6.07) is 9.18. The predicted octanol–water partition coefficient (Wildman–Crippen LogP) is 5.74. The lowest BCUT2D eigenvalue weighted by Gasteiger charge is -2.32. The van der Waals surface area contributed by atoms with E-state index in [1.165, 1.54) is 11.3 Å². The van der Waals surface area contributed by atoms with E-state index in [4.69, 9.17) is 0 Å². The molecule has 1 fully saturated rings. The van der Waals surface area contributed by atoms with Crippen LogP contribution in [-0.4, -0.2) is 51.8 Å². The number of nitrogens with one attached hydrogen (secondary N) is 2. The zero-order valence-corrected chi connectivity index (χ0v) is 20.7. The number of aromatic nitrogens is 4. The lowest BCUT2D eigenvalue weighted by molar-refractivity contribution is -0.179. The Morgan fingerprint density at radius 1 is 1.11 bits per heavy atom. The van der Waals surface area contributed by atoms with Crippen molar-refractivity contribution < 1.29 is 18.0 Å². The van der Waals surface area contributed by atoms with Gasteiger partial charge in [-0.05, 0) is 49.6 Å². The van der Waals surface area contributed by atoms with Crippen molar-refractivity contribution in [3.63, 3.8) is 0 Å². The molecule has 4 heterocycles. The van der Waals surface area contributed by atoms with Crippen molar-refractivity contribution >= 4 is 38.7 Å². The van der Waals surface area contributed by atoms with Crippen molar-refractivity contribution in [3.05, 3.63) is 48.9 Å². The first-order valence-corrected chi connectivity index (χ1v) is 12.7. The van der Waals surface area contributed by atoms with Gasteiger partial charge in [0.1, 0.15) is 0 Å². The van der Waals surface area contributed by atoms with Gasteiger partial charge in [-0.25, -0.2) is 19.7 Å². The Labute approximate surface area is 215 Å². The molecule has 1 saturated heterocycles. The average Bonchev–Trinajstić information content (AvgIpc) is 3.30. The molecule has 0 bridgehead atoms. The van der Waals surface area contributed by atoms with Crippen molar-refractivity contribution in [1.29, 1.82) is 0 Å². The number of benzene rings is 1. The fraction of sp³-hybridized carbons (Fsp3) is 0.320. The number of halogens is 3. The number of hydrogen-bond acceptors (Lipinski definition) is 7. The largest absolute Gasteiger partial charge is 0.391 e. The number of carbonyl (C=O) groups excluding carboxylic acids is 1. The van der Waals surface area contributed by atoms with E-state index < -0.39 is 12.1 Å². The third-order valence-corrected chi connectivity index (χ3v) is 7.22. The number of urea groups is 1. The summed E-state index contributed by atoms with van der Waals surface area (Å²) in [6.07, 6.45) is 0.960. The first-order valence-electron chi connectivity index (χ1n) is 11.9. The van der Waals surface area contributed by atoms with Crippen molar-refractivity contribution in [2.75, 3.05) is 29.9 Å². The molecule has 1 aromatic carbocycles. The molecule has 0 saturated carbocycles. The summed E-state index contributed by atoms with van der Waals surface area (Å²) in [6.45, 7) is 2.86. The second-order valence-corrected chi connectivity index (χ2v) is 9.66. The molecule has 0 aliphatic carbocycles. The highest BCUT2D eigenvalue weighted by atomic mass is 32.1. The first-order chi connectivity index (χ1) is 17.8. The molecule has 0 spiro atoms. The lowest BCUT2D eigenvalue weighted by atomic mass is 9.96. The summed E-state index contributed by atoms with van der Waals surface area (Å²) in [5.74, 6) is -0.859. The number of pyridine rings is 1. The summed E-state index contributed by atoms with van der Waals surface area (Å²) in [4.78, 5) is 31.8. The Hall–Kier alpha value is -3.80. The Kier molecular flexibility index (Phi) is 6.92. The number of rotatable bonds is 5. The molecule has 12 heteroatoms. The Bertz CT molecular complexity index is 1390. The zero-order valence-electron chi connectivity index (χ0n) is 19.9. The van der Waals surface area contributed by atoms with E-state index >= 15 is 0 Å². The summed E-state index contributed by atoms with van der Waals surface area (Å²) in [5.41, 5.74) is 3.85. The normalized spacial score (nSPS) is 14.6. The maximum Gasteiger partial charge on any atom is 0.391 e. The van der Waals surface area contributed by atoms with Crippen LogP contribution in [0.1, 0.15) is 19.8 Å². The second kappa shape index (κ2) is 10.3. The second-order valence-electron chi connectivity index (χ2n) is 8.67. The van der Waals surface area contributed by atoms with E-state index in [9.17, 15) is 18.0 Å². The summed E-state index contributed by atoms with van der Waals surface area (Å²) in [5, 5.41) is 5.92. The summed E-state index contributed by atoms with van der Waals surface area (Å²) in [7, 11) is 0. The molecular weight excluding hydrogens is 503 g/mol. The molecule has 2 N–H and O–H groups in total. The fourth-order valence-electron chi connectivity index (χ4n) is 4.31. The number of amides is 2. The van der Waals surface area contributed by atoms with Crippen LogP contribution in [-0.2, 0) is 0 Å². The van der Waals surface area contributed by atoms with Crippen LogP contribution in [0.2, 0.25) is 0 Å². The highest BCUT2D eigenvalue weighted by Crippen LogP contribution is 2.38. The maximum absolute atomic E-state index is 13.0. The van der Waals surface area contributed by atoms with Gasteiger partial charge in [0.15, 0.2) is 5.13 Å². The number of carbonyl (C=O) groups is 1. The zero-order chi connectivity index (χ0) is 26.0. The fourth-order valence-corrected chi connectivity index (χ4v) is 5.27. The molecule has 5 rings (SSSR count). The topological polar surface area (TPSA) is 95.9 Å². The van der Waals surface area contributed by atoms with E-state index in [0.717, 1.165) is 27.1 Å². The van der Waals surface area contributed by atoms with Crippen molar-refractivity contribution in [2.45, 2.75) is 25.9 Å². The molecule has 8 nitrogen and oxygen atoms in total. The highest BCUT2D eigenvalue weighted by molar-refractivity contribution is 7.22. The minimum atomic E-state index is -4.16. The van der Waals surface area contributed by atoms with E-state index in [0.29, 0.717) is 23.1 Å². The van der Waals surface area contributed by atoms with Crippen LogP contribution in [0.15, 0.2) is 48.9 Å². The number of alkyl halides is 3. The van der Waals surface area contributed by atoms with Crippen LogP contribution in [0.25, 0.3) is 32.6 Å². The first kappa shape index (κ1) is 24.9. The maximum atomic E-state index is 13.0. The van der Waals surface area contributed by atoms with Crippen LogP contribution < -0.4 is 15.5 Å². The molecule has 37 heavy (non-hydrogen) atoms. The minimum absolute atomic E-state index is 0.0369. The number of nitrogens with zero attached hydrogens (tertiary/aromatic N) is 5. The monoisotopic (exact) mass is 527 g/mol. The summed E-state index contributed by atoms with van der Waals surface area (Å²) >= 11 is 1.36. The third kappa shape index (κ3) is 5.48. The number of fused-ring (bicyclic) bond motifs is 1. The molecule has 0 atom stereocenters. The van der Waals surface area contributed by atoms with Gasteiger partial charge in [-0.3, -0.25) is 10.3 Å². The van der Waals surface area contributed by atoms with Gasteiger partial charge in [0, 0.05) is 49.4 Å². The molecule has 0 radical (unpaired) electrons. The standard InChI is InChI=1S/C25H24F3N7OS/c1-2-29-23(36)34-24-33-20-12-15(11-18(21(20)37-24)19-5-3-4-8-30-19)16-13-31-22(32-14-16)35-9-6-17(7-10-35)25(26,27)28/h3-5,8,11-14,17H,2,6-7,9-10H2,1H3,(H2,29,33,34,36). The number of piperidine rings is 1. The molecule has 0 unspecified atom stereocenters. The van der Waals surface area contributed by atoms with E-state index in [-0.39, 0.29) is 32.0 Å². The van der Waals surface area contributed by atoms with Gasteiger partial charge in [-0.2, -0.15) is 13.2 Å². The van der Waals surface area contributed by atoms with Crippen molar-refractivity contribution in [1.82, 2.24) is 25.3 Å². The molecule has 192 valence electrons. The molecule has 1 aliphatic heterocycles. The lowest BCUT2D eigenvalue weighted by Crippen LogP contribution is -2.39. The van der Waals surface area contributed by atoms with E-state index in [2.05, 4.69) is 30.6 Å². The van der Waals surface area contributed by atoms with Crippen LogP contribution in [0.5, 0.6) is 0 Å². The average molecular weight is 528 g/mol. The van der Waals surface area contributed by atoms with Crippen LogP contribution in [0.4, 0.5) is 29.0 Å². The minimum Gasteiger partial charge on any atom is -0.341 e. The van der Waals surface area contributed by atoms with Crippen LogP contribution in [0.3, 0.4) is 0 Å².